The molecule has 38 heavy (non-hydrogen) atoms. The van der Waals surface area contributed by atoms with Gasteiger partial charge in [-0.2, -0.15) is 24.3 Å². The van der Waals surface area contributed by atoms with E-state index in [0.29, 0.717) is 0 Å². The summed E-state index contributed by atoms with van der Waals surface area (Å²) in [6, 6.07) is 60.5. The first kappa shape index (κ1) is 30.4. The van der Waals surface area contributed by atoms with E-state index in [1.165, 1.54) is 31.8 Å². The monoisotopic (exact) mass is 763 g/mol. The summed E-state index contributed by atoms with van der Waals surface area (Å²) in [6.45, 7) is 0. The summed E-state index contributed by atoms with van der Waals surface area (Å²) in [4.78, 5) is 0. The minimum Gasteiger partial charge on any atom is -0.213 e. The van der Waals surface area contributed by atoms with Crippen LogP contribution in [0.15, 0.2) is 170 Å². The molecule has 0 aliphatic rings. The molecule has 3 radical (unpaired) electrons. The largest absolute Gasteiger partial charge is 2.00 e. The topological polar surface area (TPSA) is 0 Å². The molecular formula is C34H28BiFeP2. The van der Waals surface area contributed by atoms with Crippen molar-refractivity contribution >= 4 is 73.9 Å². The second kappa shape index (κ2) is 16.1. The van der Waals surface area contributed by atoms with Crippen LogP contribution >= 0.6 is 15.8 Å². The van der Waals surface area contributed by atoms with E-state index in [1.807, 2.05) is 0 Å². The van der Waals surface area contributed by atoms with Gasteiger partial charge in [0.1, 0.15) is 0 Å². The van der Waals surface area contributed by atoms with Crippen LogP contribution in [0.5, 0.6) is 0 Å². The van der Waals surface area contributed by atoms with Gasteiger partial charge in [-0.1, -0.05) is 121 Å². The Morgan fingerprint density at radius 1 is 0.342 bits per heavy atom. The molecule has 0 amide bonds. The molecule has 0 aliphatic heterocycles. The summed E-state index contributed by atoms with van der Waals surface area (Å²) >= 11 is 0. The zero-order valence-corrected chi connectivity index (χ0v) is 27.2. The Balaban J connectivity index is 0.000000200. The molecule has 0 saturated heterocycles. The number of benzene rings is 4. The van der Waals surface area contributed by atoms with Crippen molar-refractivity contribution < 1.29 is 17.1 Å². The summed E-state index contributed by atoms with van der Waals surface area (Å²) in [5.41, 5.74) is 0. The van der Waals surface area contributed by atoms with Crippen LogP contribution < -0.4 is 31.8 Å². The predicted octanol–water partition coefficient (Wildman–Crippen LogP) is 5.94. The smallest absolute Gasteiger partial charge is 0.213 e. The fourth-order valence-electron chi connectivity index (χ4n) is 4.23. The Hall–Kier alpha value is -2.16. The van der Waals surface area contributed by atoms with E-state index < -0.39 is 15.8 Å². The van der Waals surface area contributed by atoms with E-state index >= 15 is 0 Å². The molecule has 0 aromatic heterocycles. The van der Waals surface area contributed by atoms with Gasteiger partial charge in [0.25, 0.3) is 0 Å². The number of rotatable bonds is 6. The van der Waals surface area contributed by atoms with Crippen LogP contribution in [0.4, 0.5) is 0 Å². The van der Waals surface area contributed by atoms with Crippen LogP contribution in [-0.4, -0.2) is 26.2 Å². The van der Waals surface area contributed by atoms with Crippen molar-refractivity contribution in [1.29, 1.82) is 0 Å². The first-order valence-electron chi connectivity index (χ1n) is 12.1. The average Bonchev–Trinajstić information content (AvgIpc) is 3.68. The molecule has 6 aromatic carbocycles. The van der Waals surface area contributed by atoms with E-state index in [4.69, 9.17) is 0 Å². The Labute approximate surface area is 259 Å². The molecule has 0 bridgehead atoms. The maximum absolute atomic E-state index is 2.23. The second-order valence-corrected chi connectivity index (χ2v) is 12.7. The molecule has 6 rings (SSSR count). The molecule has 0 N–H and O–H groups in total. The minimum absolute atomic E-state index is 0. The standard InChI is InChI=1S/2C17H14P.Bi.Fe/c2*1-3-9-15(10-4-1)18(17-13-7-8-14-17)16-11-5-2-6-12-16;;/h2*1-14H;;/q2*-1;;+2. The molecule has 4 heteroatoms. The molecule has 187 valence electrons. The Kier molecular flexibility index (Phi) is 12.8. The van der Waals surface area contributed by atoms with Crippen LogP contribution in [0.1, 0.15) is 0 Å². The molecule has 0 heterocycles. The van der Waals surface area contributed by atoms with Gasteiger partial charge in [-0.25, -0.2) is 24.3 Å². The molecule has 0 aliphatic carbocycles. The van der Waals surface area contributed by atoms with Crippen molar-refractivity contribution in [1.82, 2.24) is 0 Å². The third-order valence-corrected chi connectivity index (χ3v) is 10.8. The molecular weight excluding hydrogens is 735 g/mol. The fraction of sp³-hybridized carbons (Fsp3) is 0. The van der Waals surface area contributed by atoms with Gasteiger partial charge in [-0.15, -0.1) is 10.6 Å². The maximum Gasteiger partial charge on any atom is 2.00 e. The van der Waals surface area contributed by atoms with E-state index in [0.717, 1.165) is 0 Å². The van der Waals surface area contributed by atoms with Gasteiger partial charge < -0.3 is 0 Å². The van der Waals surface area contributed by atoms with Crippen molar-refractivity contribution in [2.75, 3.05) is 0 Å². The van der Waals surface area contributed by atoms with Gasteiger partial charge in [0.15, 0.2) is 0 Å². The summed E-state index contributed by atoms with van der Waals surface area (Å²) in [7, 11) is -0.818. The van der Waals surface area contributed by atoms with Gasteiger partial charge in [-0.3, -0.25) is 0 Å². The summed E-state index contributed by atoms with van der Waals surface area (Å²) in [6.07, 6.45) is 0. The van der Waals surface area contributed by atoms with Gasteiger partial charge in [0, 0.05) is 26.2 Å². The van der Waals surface area contributed by atoms with Gasteiger partial charge >= 0.3 is 17.1 Å². The normalized spacial score (nSPS) is 10.2. The minimum atomic E-state index is -0.409. The molecule has 0 atom stereocenters. The van der Waals surface area contributed by atoms with E-state index in [1.54, 1.807) is 0 Å². The summed E-state index contributed by atoms with van der Waals surface area (Å²) < 4.78 is 0. The SMILES string of the molecule is [Bi].[Fe+2].c1ccc(P(c2ccccc2)c2ccc[cH-]2)cc1.c1ccc(P(c2ccccc2)c2ccc[cH-]2)cc1. The summed E-state index contributed by atoms with van der Waals surface area (Å²) in [5.74, 6) is 0. The molecule has 0 saturated carbocycles. The van der Waals surface area contributed by atoms with Crippen LogP contribution in [-0.2, 0) is 17.1 Å². The van der Waals surface area contributed by atoms with Crippen LogP contribution in [0.3, 0.4) is 0 Å². The first-order valence-corrected chi connectivity index (χ1v) is 14.8. The Bertz CT molecular complexity index is 1210. The Morgan fingerprint density at radius 3 is 0.816 bits per heavy atom. The van der Waals surface area contributed by atoms with Gasteiger partial charge in [-0.05, 0) is 37.1 Å². The van der Waals surface area contributed by atoms with Crippen molar-refractivity contribution in [3.8, 4) is 0 Å². The quantitative estimate of drug-likeness (QED) is 0.112. The Morgan fingerprint density at radius 2 is 0.605 bits per heavy atom. The maximum atomic E-state index is 2.23. The van der Waals surface area contributed by atoms with Crippen molar-refractivity contribution in [2.24, 2.45) is 0 Å². The van der Waals surface area contributed by atoms with Crippen LogP contribution in [0.25, 0.3) is 0 Å². The van der Waals surface area contributed by atoms with Crippen molar-refractivity contribution in [3.05, 3.63) is 170 Å². The van der Waals surface area contributed by atoms with E-state index in [2.05, 4.69) is 170 Å². The predicted molar refractivity (Wildman–Crippen MR) is 167 cm³/mol. The molecule has 0 unspecified atom stereocenters. The van der Waals surface area contributed by atoms with E-state index in [-0.39, 0.29) is 43.3 Å². The zero-order valence-electron chi connectivity index (χ0n) is 20.9. The molecule has 0 fully saturated rings. The average molecular weight is 763 g/mol. The first-order chi connectivity index (χ1) is 17.9. The van der Waals surface area contributed by atoms with Crippen LogP contribution in [0.2, 0.25) is 0 Å². The number of hydrogen-bond donors (Lipinski definition) is 0. The number of hydrogen-bond acceptors (Lipinski definition) is 0. The molecule has 0 spiro atoms. The van der Waals surface area contributed by atoms with Crippen LogP contribution in [0, 0.1) is 0 Å². The second-order valence-electron chi connectivity index (χ2n) is 8.30. The van der Waals surface area contributed by atoms with Crippen molar-refractivity contribution in [3.63, 3.8) is 0 Å². The third kappa shape index (κ3) is 7.93. The van der Waals surface area contributed by atoms with Gasteiger partial charge in [0.05, 0.1) is 0 Å². The molecule has 0 nitrogen and oxygen atoms in total. The molecule has 6 aromatic rings. The van der Waals surface area contributed by atoms with Crippen molar-refractivity contribution in [2.45, 2.75) is 0 Å². The van der Waals surface area contributed by atoms with E-state index in [9.17, 15) is 0 Å². The zero-order chi connectivity index (χ0) is 24.4. The van der Waals surface area contributed by atoms with Gasteiger partial charge in [0.2, 0.25) is 0 Å². The fourth-order valence-corrected chi connectivity index (χ4v) is 8.84. The third-order valence-electron chi connectivity index (χ3n) is 5.86. The summed E-state index contributed by atoms with van der Waals surface area (Å²) in [5, 5.41) is 8.47.